The molecule has 0 aromatic heterocycles. The van der Waals surface area contributed by atoms with E-state index in [0.29, 0.717) is 0 Å². The zero-order valence-corrected chi connectivity index (χ0v) is 10.6. The van der Waals surface area contributed by atoms with Crippen LogP contribution in [0.3, 0.4) is 0 Å². The van der Waals surface area contributed by atoms with Crippen molar-refractivity contribution in [2.45, 2.75) is 64.2 Å². The maximum Gasteiger partial charge on any atom is -0.00142 e. The Labute approximate surface area is 101 Å². The van der Waals surface area contributed by atoms with Crippen LogP contribution in [0.5, 0.6) is 0 Å². The molecule has 2 aliphatic rings. The van der Waals surface area contributed by atoms with Crippen molar-refractivity contribution in [3.05, 3.63) is 11.6 Å². The second-order valence-corrected chi connectivity index (χ2v) is 5.55. The molecule has 0 heterocycles. The summed E-state index contributed by atoms with van der Waals surface area (Å²) in [4.78, 5) is 0. The Bertz CT molecular complexity index is 205. The molecule has 1 N–H and O–H groups in total. The van der Waals surface area contributed by atoms with Crippen molar-refractivity contribution in [3.63, 3.8) is 0 Å². The monoisotopic (exact) mass is 221 g/mol. The first kappa shape index (κ1) is 12.2. The minimum Gasteiger partial charge on any atom is -0.316 e. The summed E-state index contributed by atoms with van der Waals surface area (Å²) in [6, 6.07) is 0. The molecule has 0 aromatic rings. The van der Waals surface area contributed by atoms with E-state index in [9.17, 15) is 0 Å². The fourth-order valence-corrected chi connectivity index (χ4v) is 3.14. The molecule has 0 unspecified atom stereocenters. The lowest BCUT2D eigenvalue weighted by molar-refractivity contribution is 0.479. The normalized spacial score (nSPS) is 21.9. The maximum absolute atomic E-state index is 3.59. The summed E-state index contributed by atoms with van der Waals surface area (Å²) in [5.41, 5.74) is 1.72. The van der Waals surface area contributed by atoms with Crippen LogP contribution in [0.4, 0.5) is 0 Å². The van der Waals surface area contributed by atoms with E-state index in [1.165, 1.54) is 77.3 Å². The first-order valence-corrected chi connectivity index (χ1v) is 7.34. The quantitative estimate of drug-likeness (QED) is 0.527. The van der Waals surface area contributed by atoms with Gasteiger partial charge in [0.2, 0.25) is 0 Å². The third-order valence-electron chi connectivity index (χ3n) is 4.20. The van der Waals surface area contributed by atoms with Crippen LogP contribution in [0, 0.1) is 5.92 Å². The molecule has 0 spiro atoms. The molecule has 16 heavy (non-hydrogen) atoms. The van der Waals surface area contributed by atoms with Crippen LogP contribution in [0.25, 0.3) is 0 Å². The number of nitrogens with one attached hydrogen (secondary N) is 1. The van der Waals surface area contributed by atoms with Gasteiger partial charge in [0.05, 0.1) is 0 Å². The van der Waals surface area contributed by atoms with Crippen molar-refractivity contribution >= 4 is 0 Å². The third-order valence-corrected chi connectivity index (χ3v) is 4.20. The van der Waals surface area contributed by atoms with Crippen molar-refractivity contribution < 1.29 is 0 Å². The fraction of sp³-hybridized carbons (Fsp3) is 0.867. The summed E-state index contributed by atoms with van der Waals surface area (Å²) in [5, 5.41) is 3.59. The molecule has 0 aliphatic heterocycles. The SMILES string of the molecule is C(CCNCCC1CCCC1)=C1CCCC1. The predicted octanol–water partition coefficient (Wildman–Crippen LogP) is 4.05. The van der Waals surface area contributed by atoms with Crippen LogP contribution in [-0.4, -0.2) is 13.1 Å². The van der Waals surface area contributed by atoms with Crippen molar-refractivity contribution in [2.75, 3.05) is 13.1 Å². The lowest BCUT2D eigenvalue weighted by atomic mass is 10.0. The number of allylic oxidation sites excluding steroid dienone is 1. The van der Waals surface area contributed by atoms with Gasteiger partial charge in [0.25, 0.3) is 0 Å². The molecule has 0 amide bonds. The fourth-order valence-electron chi connectivity index (χ4n) is 3.14. The molecule has 2 saturated carbocycles. The molecule has 92 valence electrons. The van der Waals surface area contributed by atoms with Crippen LogP contribution in [0.15, 0.2) is 11.6 Å². The van der Waals surface area contributed by atoms with E-state index in [-0.39, 0.29) is 0 Å². The summed E-state index contributed by atoms with van der Waals surface area (Å²) >= 11 is 0. The Morgan fingerprint density at radius 2 is 1.75 bits per heavy atom. The van der Waals surface area contributed by atoms with E-state index >= 15 is 0 Å². The predicted molar refractivity (Wildman–Crippen MR) is 70.6 cm³/mol. The van der Waals surface area contributed by atoms with E-state index in [1.807, 2.05) is 0 Å². The molecule has 2 aliphatic carbocycles. The molecular formula is C15H27N. The van der Waals surface area contributed by atoms with Crippen LogP contribution >= 0.6 is 0 Å². The summed E-state index contributed by atoms with van der Waals surface area (Å²) < 4.78 is 0. The standard InChI is InChI=1S/C15H27N/c1-2-7-14(6-1)10-5-12-16-13-11-15-8-3-4-9-15/h10,15-16H,1-9,11-13H2. The van der Waals surface area contributed by atoms with Crippen molar-refractivity contribution in [1.29, 1.82) is 0 Å². The average molecular weight is 221 g/mol. The highest BCUT2D eigenvalue weighted by Gasteiger charge is 2.13. The van der Waals surface area contributed by atoms with Gasteiger partial charge in [-0.1, -0.05) is 37.3 Å². The molecular weight excluding hydrogens is 194 g/mol. The minimum atomic E-state index is 1.04. The van der Waals surface area contributed by atoms with Gasteiger partial charge in [-0.05, 0) is 57.5 Å². The van der Waals surface area contributed by atoms with E-state index in [1.54, 1.807) is 5.57 Å². The number of hydrogen-bond donors (Lipinski definition) is 1. The van der Waals surface area contributed by atoms with Gasteiger partial charge in [0.15, 0.2) is 0 Å². The van der Waals surface area contributed by atoms with Crippen LogP contribution in [-0.2, 0) is 0 Å². The molecule has 0 radical (unpaired) electrons. The minimum absolute atomic E-state index is 1.04. The lowest BCUT2D eigenvalue weighted by Crippen LogP contribution is -2.18. The summed E-state index contributed by atoms with van der Waals surface area (Å²) in [6.45, 7) is 2.43. The van der Waals surface area contributed by atoms with Gasteiger partial charge in [-0.2, -0.15) is 0 Å². The summed E-state index contributed by atoms with van der Waals surface area (Å²) in [5.74, 6) is 1.04. The zero-order chi connectivity index (χ0) is 11.1. The Kier molecular flexibility index (Phi) is 5.41. The lowest BCUT2D eigenvalue weighted by Gasteiger charge is -2.08. The second-order valence-electron chi connectivity index (χ2n) is 5.55. The second kappa shape index (κ2) is 7.11. The van der Waals surface area contributed by atoms with Gasteiger partial charge in [0.1, 0.15) is 0 Å². The Morgan fingerprint density at radius 1 is 1.00 bits per heavy atom. The van der Waals surface area contributed by atoms with Gasteiger partial charge in [-0.25, -0.2) is 0 Å². The average Bonchev–Trinajstić information content (AvgIpc) is 2.96. The topological polar surface area (TPSA) is 12.0 Å². The molecule has 2 rings (SSSR count). The number of hydrogen-bond acceptors (Lipinski definition) is 1. The Morgan fingerprint density at radius 3 is 2.50 bits per heavy atom. The molecule has 0 bridgehead atoms. The molecule has 1 nitrogen and oxygen atoms in total. The van der Waals surface area contributed by atoms with Crippen LogP contribution < -0.4 is 5.32 Å². The van der Waals surface area contributed by atoms with Crippen LogP contribution in [0.1, 0.15) is 64.2 Å². The molecule has 2 fully saturated rings. The smallest absolute Gasteiger partial charge is 0.00142 e. The molecule has 0 aromatic carbocycles. The van der Waals surface area contributed by atoms with Gasteiger partial charge >= 0.3 is 0 Å². The molecule has 0 atom stereocenters. The van der Waals surface area contributed by atoms with Gasteiger partial charge in [-0.15, -0.1) is 0 Å². The van der Waals surface area contributed by atoms with E-state index < -0.39 is 0 Å². The highest BCUT2D eigenvalue weighted by Crippen LogP contribution is 2.27. The van der Waals surface area contributed by atoms with Gasteiger partial charge in [-0.3, -0.25) is 0 Å². The summed E-state index contributed by atoms with van der Waals surface area (Å²) in [7, 11) is 0. The van der Waals surface area contributed by atoms with Gasteiger partial charge < -0.3 is 5.32 Å². The molecule has 0 saturated heterocycles. The van der Waals surface area contributed by atoms with E-state index in [4.69, 9.17) is 0 Å². The van der Waals surface area contributed by atoms with Gasteiger partial charge in [0, 0.05) is 0 Å². The van der Waals surface area contributed by atoms with E-state index in [0.717, 1.165) is 5.92 Å². The first-order chi connectivity index (χ1) is 7.95. The molecule has 1 heteroatoms. The zero-order valence-electron chi connectivity index (χ0n) is 10.6. The third kappa shape index (κ3) is 4.29. The first-order valence-electron chi connectivity index (χ1n) is 7.34. The van der Waals surface area contributed by atoms with Crippen molar-refractivity contribution in [3.8, 4) is 0 Å². The van der Waals surface area contributed by atoms with Crippen molar-refractivity contribution in [2.24, 2.45) is 5.92 Å². The number of rotatable bonds is 6. The van der Waals surface area contributed by atoms with Crippen LogP contribution in [0.2, 0.25) is 0 Å². The largest absolute Gasteiger partial charge is 0.316 e. The van der Waals surface area contributed by atoms with Crippen molar-refractivity contribution in [1.82, 2.24) is 5.32 Å². The Balaban J connectivity index is 1.44. The highest BCUT2D eigenvalue weighted by atomic mass is 14.8. The maximum atomic E-state index is 3.59. The summed E-state index contributed by atoms with van der Waals surface area (Å²) in [6.07, 6.45) is 16.7. The Hall–Kier alpha value is -0.300. The highest BCUT2D eigenvalue weighted by molar-refractivity contribution is 5.05. The van der Waals surface area contributed by atoms with E-state index in [2.05, 4.69) is 11.4 Å².